The summed E-state index contributed by atoms with van der Waals surface area (Å²) in [6, 6.07) is 3.43. The van der Waals surface area contributed by atoms with Gasteiger partial charge in [0.15, 0.2) is 11.3 Å². The molecular weight excluding hydrogens is 206 g/mol. The molecule has 2 aromatic heterocycles. The van der Waals surface area contributed by atoms with Crippen LogP contribution in [0.2, 0.25) is 0 Å². The Morgan fingerprint density at radius 2 is 2.29 bits per heavy atom. The fourth-order valence-electron chi connectivity index (χ4n) is 1.24. The van der Waals surface area contributed by atoms with Gasteiger partial charge in [0.25, 0.3) is 0 Å². The minimum absolute atomic E-state index is 0. The number of rotatable bonds is 1. The van der Waals surface area contributed by atoms with Crippen molar-refractivity contribution in [1.82, 2.24) is 14.6 Å². The molecule has 0 bridgehead atoms. The maximum absolute atomic E-state index is 10.8. The van der Waals surface area contributed by atoms with Crippen LogP contribution in [-0.2, 0) is 0 Å². The summed E-state index contributed by atoms with van der Waals surface area (Å²) in [6.07, 6.45) is 1.53. The number of imidazole rings is 1. The number of carbonyl (C=O) groups is 1. The average Bonchev–Trinajstić information content (AvgIpc) is 2.39. The van der Waals surface area contributed by atoms with Crippen LogP contribution >= 0.6 is 12.4 Å². The molecule has 0 aromatic carbocycles. The first-order chi connectivity index (χ1) is 6.20. The molecule has 0 saturated heterocycles. The molecule has 0 atom stereocenters. The molecule has 6 heteroatoms. The molecule has 2 aromatic rings. The van der Waals surface area contributed by atoms with Gasteiger partial charge in [-0.3, -0.25) is 0 Å². The minimum Gasteiger partial charge on any atom is -0.476 e. The molecule has 2 heterocycles. The maximum Gasteiger partial charge on any atom is 0.356 e. The second-order valence-corrected chi connectivity index (χ2v) is 2.64. The molecule has 0 saturated carbocycles. The van der Waals surface area contributed by atoms with Gasteiger partial charge in [-0.25, -0.2) is 14.3 Å². The van der Waals surface area contributed by atoms with Crippen molar-refractivity contribution in [2.24, 2.45) is 0 Å². The Labute approximate surface area is 85.8 Å². The van der Waals surface area contributed by atoms with Crippen LogP contribution in [0.1, 0.15) is 16.2 Å². The Morgan fingerprint density at radius 1 is 1.57 bits per heavy atom. The second-order valence-electron chi connectivity index (χ2n) is 2.64. The zero-order chi connectivity index (χ0) is 9.42. The molecule has 0 radical (unpaired) electrons. The van der Waals surface area contributed by atoms with E-state index in [-0.39, 0.29) is 18.1 Å². The van der Waals surface area contributed by atoms with Crippen molar-refractivity contribution in [3.63, 3.8) is 0 Å². The van der Waals surface area contributed by atoms with Gasteiger partial charge < -0.3 is 5.11 Å². The highest BCUT2D eigenvalue weighted by Gasteiger charge is 2.15. The van der Waals surface area contributed by atoms with Crippen molar-refractivity contribution in [2.45, 2.75) is 6.92 Å². The van der Waals surface area contributed by atoms with Crippen molar-refractivity contribution >= 4 is 24.0 Å². The van der Waals surface area contributed by atoms with E-state index in [1.54, 1.807) is 19.1 Å². The molecule has 0 aliphatic carbocycles. The van der Waals surface area contributed by atoms with Crippen LogP contribution in [0.25, 0.3) is 5.65 Å². The van der Waals surface area contributed by atoms with E-state index in [9.17, 15) is 4.79 Å². The van der Waals surface area contributed by atoms with Crippen LogP contribution in [0.3, 0.4) is 0 Å². The van der Waals surface area contributed by atoms with Crippen LogP contribution in [0.5, 0.6) is 0 Å². The second kappa shape index (κ2) is 3.63. The Balaban J connectivity index is 0.000000980. The fraction of sp³-hybridized carbons (Fsp3) is 0.125. The van der Waals surface area contributed by atoms with Gasteiger partial charge in [0.05, 0.1) is 5.69 Å². The van der Waals surface area contributed by atoms with E-state index in [2.05, 4.69) is 10.1 Å². The number of carboxylic acids is 1. The number of nitrogens with zero attached hydrogens (tertiary/aromatic N) is 3. The third-order valence-electron chi connectivity index (χ3n) is 1.77. The van der Waals surface area contributed by atoms with Gasteiger partial charge in [-0.1, -0.05) is 0 Å². The lowest BCUT2D eigenvalue weighted by atomic mass is 10.3. The standard InChI is InChI=1S/C8H7N3O2.ClH/c1-5-7(8(12)13)11-6(10-5)3-2-4-9-11;/h2-4H,1H3,(H,12,13);1H. The van der Waals surface area contributed by atoms with E-state index in [1.165, 1.54) is 10.7 Å². The molecule has 0 aliphatic heterocycles. The highest BCUT2D eigenvalue weighted by Crippen LogP contribution is 2.09. The molecule has 0 fully saturated rings. The van der Waals surface area contributed by atoms with E-state index in [0.29, 0.717) is 11.3 Å². The van der Waals surface area contributed by atoms with Crippen LogP contribution < -0.4 is 0 Å². The van der Waals surface area contributed by atoms with E-state index < -0.39 is 5.97 Å². The lowest BCUT2D eigenvalue weighted by molar-refractivity contribution is 0.0687. The molecule has 1 N–H and O–H groups in total. The number of aromatic carboxylic acids is 1. The number of halogens is 1. The SMILES string of the molecule is Cc1nc2cccnn2c1C(=O)O.Cl. The quantitative estimate of drug-likeness (QED) is 0.772. The summed E-state index contributed by atoms with van der Waals surface area (Å²) in [5.41, 5.74) is 1.15. The van der Waals surface area contributed by atoms with Crippen molar-refractivity contribution in [3.8, 4) is 0 Å². The average molecular weight is 214 g/mol. The summed E-state index contributed by atoms with van der Waals surface area (Å²) in [5.74, 6) is -1.01. The lowest BCUT2D eigenvalue weighted by Gasteiger charge is -1.93. The molecule has 0 aliphatic rings. The summed E-state index contributed by atoms with van der Waals surface area (Å²) in [6.45, 7) is 1.65. The first-order valence-electron chi connectivity index (χ1n) is 3.74. The Morgan fingerprint density at radius 3 is 2.93 bits per heavy atom. The number of hydrogen-bond acceptors (Lipinski definition) is 3. The predicted octanol–water partition coefficient (Wildman–Crippen LogP) is 1.16. The zero-order valence-corrected chi connectivity index (χ0v) is 8.15. The van der Waals surface area contributed by atoms with E-state index in [1.807, 2.05) is 0 Å². The number of aryl methyl sites for hydroxylation is 1. The van der Waals surface area contributed by atoms with E-state index >= 15 is 0 Å². The highest BCUT2D eigenvalue weighted by molar-refractivity contribution is 5.88. The summed E-state index contributed by atoms with van der Waals surface area (Å²) >= 11 is 0. The largest absolute Gasteiger partial charge is 0.476 e. The Kier molecular flexibility index (Phi) is 2.71. The normalized spacial score (nSPS) is 9.79. The van der Waals surface area contributed by atoms with Gasteiger partial charge in [-0.2, -0.15) is 5.10 Å². The summed E-state index contributed by atoms with van der Waals surface area (Å²) in [7, 11) is 0. The monoisotopic (exact) mass is 213 g/mol. The van der Waals surface area contributed by atoms with Gasteiger partial charge >= 0.3 is 5.97 Å². The Hall–Kier alpha value is -1.62. The lowest BCUT2D eigenvalue weighted by Crippen LogP contribution is -2.05. The summed E-state index contributed by atoms with van der Waals surface area (Å²) in [4.78, 5) is 14.9. The van der Waals surface area contributed by atoms with Gasteiger partial charge in [0.1, 0.15) is 0 Å². The Bertz CT molecular complexity index is 480. The summed E-state index contributed by atoms with van der Waals surface area (Å²) < 4.78 is 1.32. The molecule has 0 spiro atoms. The van der Waals surface area contributed by atoms with Gasteiger partial charge in [0.2, 0.25) is 0 Å². The number of aromatic nitrogens is 3. The predicted molar refractivity (Wildman–Crippen MR) is 51.9 cm³/mol. The first-order valence-corrected chi connectivity index (χ1v) is 3.74. The van der Waals surface area contributed by atoms with Gasteiger partial charge in [-0.05, 0) is 19.1 Å². The molecule has 74 valence electrons. The number of carboxylic acid groups (broad SMARTS) is 1. The summed E-state index contributed by atoms with van der Waals surface area (Å²) in [5, 5.41) is 12.7. The van der Waals surface area contributed by atoms with Crippen LogP contribution in [-0.4, -0.2) is 25.7 Å². The molecule has 0 amide bonds. The molecule has 14 heavy (non-hydrogen) atoms. The van der Waals surface area contributed by atoms with Gasteiger partial charge in [0, 0.05) is 6.20 Å². The van der Waals surface area contributed by atoms with Crippen LogP contribution in [0, 0.1) is 6.92 Å². The highest BCUT2D eigenvalue weighted by atomic mass is 35.5. The van der Waals surface area contributed by atoms with Gasteiger partial charge in [-0.15, -0.1) is 12.4 Å². The van der Waals surface area contributed by atoms with E-state index in [4.69, 9.17) is 5.11 Å². The van der Waals surface area contributed by atoms with E-state index in [0.717, 1.165) is 0 Å². The van der Waals surface area contributed by atoms with Crippen LogP contribution in [0.4, 0.5) is 0 Å². The van der Waals surface area contributed by atoms with Crippen molar-refractivity contribution < 1.29 is 9.90 Å². The topological polar surface area (TPSA) is 67.5 Å². The third-order valence-corrected chi connectivity index (χ3v) is 1.77. The molecule has 0 unspecified atom stereocenters. The van der Waals surface area contributed by atoms with Crippen molar-refractivity contribution in [3.05, 3.63) is 29.7 Å². The van der Waals surface area contributed by atoms with Crippen molar-refractivity contribution in [1.29, 1.82) is 0 Å². The number of hydrogen-bond donors (Lipinski definition) is 1. The first kappa shape index (κ1) is 10.5. The fourth-order valence-corrected chi connectivity index (χ4v) is 1.24. The maximum atomic E-state index is 10.8. The number of fused-ring (bicyclic) bond motifs is 1. The molecule has 2 rings (SSSR count). The van der Waals surface area contributed by atoms with Crippen molar-refractivity contribution in [2.75, 3.05) is 0 Å². The zero-order valence-electron chi connectivity index (χ0n) is 7.34. The molecule has 5 nitrogen and oxygen atoms in total. The minimum atomic E-state index is -1.01. The third kappa shape index (κ3) is 1.42. The van der Waals surface area contributed by atoms with Crippen LogP contribution in [0.15, 0.2) is 18.3 Å². The molecular formula is C8H8ClN3O2. The smallest absolute Gasteiger partial charge is 0.356 e.